The normalized spacial score (nSPS) is 22.2. The third-order valence-corrected chi connectivity index (χ3v) is 4.15. The van der Waals surface area contributed by atoms with E-state index in [1.165, 1.54) is 18.6 Å². The minimum atomic E-state index is 0.101. The molecule has 1 aliphatic rings. The molecule has 1 saturated heterocycles. The van der Waals surface area contributed by atoms with Crippen molar-refractivity contribution in [3.8, 4) is 0 Å². The van der Waals surface area contributed by atoms with Crippen LogP contribution in [0.25, 0.3) is 0 Å². The monoisotopic (exact) mass is 242 g/mol. The van der Waals surface area contributed by atoms with Crippen molar-refractivity contribution in [2.45, 2.75) is 31.1 Å². The van der Waals surface area contributed by atoms with Crippen molar-refractivity contribution in [3.63, 3.8) is 0 Å². The lowest BCUT2D eigenvalue weighted by Crippen LogP contribution is -2.13. The predicted octanol–water partition coefficient (Wildman–Crippen LogP) is 1.66. The Bertz CT molecular complexity index is 324. The van der Waals surface area contributed by atoms with E-state index in [-0.39, 0.29) is 6.04 Å². The first-order valence-corrected chi connectivity index (χ1v) is 6.70. The van der Waals surface area contributed by atoms with Crippen molar-refractivity contribution in [2.75, 3.05) is 24.7 Å². The number of nitrogens with one attached hydrogen (secondary N) is 2. The molecule has 1 aromatic rings. The summed E-state index contributed by atoms with van der Waals surface area (Å²) in [6, 6.07) is 0.633. The Morgan fingerprint density at radius 2 is 2.44 bits per heavy atom. The summed E-state index contributed by atoms with van der Waals surface area (Å²) in [6.45, 7) is 2.91. The number of hydrogen-bond acceptors (Lipinski definition) is 6. The summed E-state index contributed by atoms with van der Waals surface area (Å²) in [5.41, 5.74) is 0. The van der Waals surface area contributed by atoms with E-state index in [2.05, 4.69) is 20.8 Å². The van der Waals surface area contributed by atoms with Gasteiger partial charge in [0.15, 0.2) is 0 Å². The molecule has 1 aromatic heterocycles. The van der Waals surface area contributed by atoms with Gasteiger partial charge in [0.05, 0.1) is 6.04 Å². The zero-order chi connectivity index (χ0) is 11.4. The minimum absolute atomic E-state index is 0.101. The van der Waals surface area contributed by atoms with Crippen molar-refractivity contribution >= 4 is 17.8 Å². The van der Waals surface area contributed by atoms with E-state index in [1.807, 2.05) is 25.7 Å². The first-order chi connectivity index (χ1) is 7.79. The highest BCUT2D eigenvalue weighted by atomic mass is 32.2. The SMILES string of the molecule is CNC(C)c1nnc(NCC2CCCS2)o1. The Morgan fingerprint density at radius 3 is 3.12 bits per heavy atom. The fraction of sp³-hybridized carbons (Fsp3) is 0.800. The van der Waals surface area contributed by atoms with Crippen LogP contribution >= 0.6 is 11.8 Å². The van der Waals surface area contributed by atoms with Crippen LogP contribution in [0, 0.1) is 0 Å². The zero-order valence-electron chi connectivity index (χ0n) is 9.69. The molecule has 2 rings (SSSR count). The van der Waals surface area contributed by atoms with E-state index in [1.54, 1.807) is 0 Å². The van der Waals surface area contributed by atoms with Gasteiger partial charge >= 0.3 is 6.01 Å². The average molecular weight is 242 g/mol. The molecule has 1 aliphatic heterocycles. The number of nitrogens with zero attached hydrogens (tertiary/aromatic N) is 2. The zero-order valence-corrected chi connectivity index (χ0v) is 10.5. The molecule has 6 heteroatoms. The number of rotatable bonds is 5. The molecule has 2 N–H and O–H groups in total. The Kier molecular flexibility index (Phi) is 4.06. The maximum absolute atomic E-state index is 5.49. The van der Waals surface area contributed by atoms with Crippen LogP contribution in [0.2, 0.25) is 0 Å². The van der Waals surface area contributed by atoms with Gasteiger partial charge in [0.1, 0.15) is 0 Å². The number of thioether (sulfide) groups is 1. The third-order valence-electron chi connectivity index (χ3n) is 2.75. The molecule has 0 saturated carbocycles. The van der Waals surface area contributed by atoms with E-state index in [0.717, 1.165) is 6.54 Å². The summed E-state index contributed by atoms with van der Waals surface area (Å²) < 4.78 is 5.49. The van der Waals surface area contributed by atoms with Crippen LogP contribution in [0.3, 0.4) is 0 Å². The lowest BCUT2D eigenvalue weighted by molar-refractivity contribution is 0.441. The second-order valence-corrected chi connectivity index (χ2v) is 5.38. The molecule has 2 unspecified atom stereocenters. The van der Waals surface area contributed by atoms with Crippen LogP contribution in [0.1, 0.15) is 31.7 Å². The van der Waals surface area contributed by atoms with E-state index >= 15 is 0 Å². The van der Waals surface area contributed by atoms with Gasteiger partial charge < -0.3 is 15.1 Å². The van der Waals surface area contributed by atoms with Crippen molar-refractivity contribution in [1.29, 1.82) is 0 Å². The minimum Gasteiger partial charge on any atom is -0.406 e. The van der Waals surface area contributed by atoms with Gasteiger partial charge in [-0.1, -0.05) is 5.10 Å². The Hall–Kier alpha value is -0.750. The third kappa shape index (κ3) is 2.89. The first-order valence-electron chi connectivity index (χ1n) is 5.65. The lowest BCUT2D eigenvalue weighted by Gasteiger charge is -2.07. The van der Waals surface area contributed by atoms with Crippen LogP contribution < -0.4 is 10.6 Å². The van der Waals surface area contributed by atoms with E-state index in [4.69, 9.17) is 4.42 Å². The molecule has 2 heterocycles. The topological polar surface area (TPSA) is 63.0 Å². The molecule has 5 nitrogen and oxygen atoms in total. The predicted molar refractivity (Wildman–Crippen MR) is 65.7 cm³/mol. The van der Waals surface area contributed by atoms with E-state index < -0.39 is 0 Å². The summed E-state index contributed by atoms with van der Waals surface area (Å²) >= 11 is 2.01. The molecule has 0 amide bonds. The molecule has 0 bridgehead atoms. The van der Waals surface area contributed by atoms with Gasteiger partial charge in [-0.05, 0) is 32.6 Å². The van der Waals surface area contributed by atoms with Crippen molar-refractivity contribution < 1.29 is 4.42 Å². The van der Waals surface area contributed by atoms with E-state index in [9.17, 15) is 0 Å². The van der Waals surface area contributed by atoms with Crippen molar-refractivity contribution in [2.24, 2.45) is 0 Å². The Balaban J connectivity index is 1.82. The van der Waals surface area contributed by atoms with Crippen molar-refractivity contribution in [1.82, 2.24) is 15.5 Å². The molecule has 1 fully saturated rings. The molecule has 90 valence electrons. The average Bonchev–Trinajstić information content (AvgIpc) is 2.96. The van der Waals surface area contributed by atoms with Gasteiger partial charge in [-0.15, -0.1) is 5.10 Å². The summed E-state index contributed by atoms with van der Waals surface area (Å²) in [7, 11) is 1.87. The van der Waals surface area contributed by atoms with Gasteiger partial charge in [0, 0.05) is 11.8 Å². The molecule has 0 spiro atoms. The molecule has 16 heavy (non-hydrogen) atoms. The quantitative estimate of drug-likeness (QED) is 0.818. The molecular formula is C10H18N4OS. The highest BCUT2D eigenvalue weighted by molar-refractivity contribution is 8.00. The molecule has 0 aliphatic carbocycles. The van der Waals surface area contributed by atoms with Crippen LogP contribution in [0.5, 0.6) is 0 Å². The summed E-state index contributed by atoms with van der Waals surface area (Å²) in [4.78, 5) is 0. The van der Waals surface area contributed by atoms with E-state index in [0.29, 0.717) is 17.2 Å². The standard InChI is InChI=1S/C10H18N4OS/c1-7(11-2)9-13-14-10(15-9)12-6-8-4-3-5-16-8/h7-8,11H,3-6H2,1-2H3,(H,12,14). The molecule has 0 aromatic carbocycles. The maximum atomic E-state index is 5.49. The summed E-state index contributed by atoms with van der Waals surface area (Å²) in [5, 5.41) is 14.9. The Labute approximate surface area is 99.8 Å². The smallest absolute Gasteiger partial charge is 0.315 e. The number of aromatic nitrogens is 2. The van der Waals surface area contributed by atoms with Crippen LogP contribution in [0.15, 0.2) is 4.42 Å². The fourth-order valence-electron chi connectivity index (χ4n) is 1.61. The number of anilines is 1. The van der Waals surface area contributed by atoms with Gasteiger partial charge in [-0.2, -0.15) is 11.8 Å². The summed E-state index contributed by atoms with van der Waals surface area (Å²) in [5.74, 6) is 1.90. The lowest BCUT2D eigenvalue weighted by atomic mass is 10.2. The largest absolute Gasteiger partial charge is 0.406 e. The van der Waals surface area contributed by atoms with Crippen LogP contribution in [-0.4, -0.2) is 34.8 Å². The van der Waals surface area contributed by atoms with Gasteiger partial charge in [0.25, 0.3) is 0 Å². The van der Waals surface area contributed by atoms with Gasteiger partial charge in [-0.25, -0.2) is 0 Å². The fourth-order valence-corrected chi connectivity index (χ4v) is 2.81. The molecule has 0 radical (unpaired) electrons. The molecule has 2 atom stereocenters. The second kappa shape index (κ2) is 5.54. The summed E-state index contributed by atoms with van der Waals surface area (Å²) in [6.07, 6.45) is 2.61. The molecular weight excluding hydrogens is 224 g/mol. The van der Waals surface area contributed by atoms with Crippen LogP contribution in [-0.2, 0) is 0 Å². The maximum Gasteiger partial charge on any atom is 0.315 e. The van der Waals surface area contributed by atoms with Gasteiger partial charge in [0.2, 0.25) is 5.89 Å². The first kappa shape index (κ1) is 11.7. The highest BCUT2D eigenvalue weighted by Gasteiger charge is 2.17. The van der Waals surface area contributed by atoms with Crippen LogP contribution in [0.4, 0.5) is 6.01 Å². The number of hydrogen-bond donors (Lipinski definition) is 2. The Morgan fingerprint density at radius 1 is 1.56 bits per heavy atom. The second-order valence-electron chi connectivity index (χ2n) is 3.97. The van der Waals surface area contributed by atoms with Crippen molar-refractivity contribution in [3.05, 3.63) is 5.89 Å². The highest BCUT2D eigenvalue weighted by Crippen LogP contribution is 2.26. The van der Waals surface area contributed by atoms with Gasteiger partial charge in [-0.3, -0.25) is 0 Å².